The van der Waals surface area contributed by atoms with Gasteiger partial charge in [0.1, 0.15) is 0 Å². The minimum Gasteiger partial charge on any atom is -0.399 e. The number of β-amino-alcohol motifs (C(OH)–C–C–N with tert-alkyl or cyclic N) is 1. The minimum absolute atomic E-state index is 0.269. The first-order chi connectivity index (χ1) is 8.68. The van der Waals surface area contributed by atoms with E-state index in [0.29, 0.717) is 15.6 Å². The summed E-state index contributed by atoms with van der Waals surface area (Å²) < 4.78 is 23.1. The number of amides is 1. The minimum atomic E-state index is -3.66. The van der Waals surface area contributed by atoms with Crippen LogP contribution in [0.3, 0.4) is 0 Å². The number of rotatable bonds is 3. The van der Waals surface area contributed by atoms with Crippen LogP contribution in [0.4, 0.5) is 5.69 Å². The first-order valence-electron chi connectivity index (χ1n) is 5.78. The molecule has 2 rings (SSSR count). The number of carbonyl (C=O) groups excluding carboxylic acids is 1. The van der Waals surface area contributed by atoms with Crippen LogP contribution in [0, 0.1) is 0 Å². The van der Waals surface area contributed by atoms with E-state index in [1.807, 2.05) is 0 Å². The van der Waals surface area contributed by atoms with Gasteiger partial charge in [-0.2, -0.15) is 0 Å². The van der Waals surface area contributed by atoms with Crippen LogP contribution in [0.15, 0.2) is 24.3 Å². The standard InChI is InChI=1S/C12H16N2O4S/c1-12(2)11(16)14(19(12,17)18)7-10(15)8-3-5-9(13)6-4-8/h3-6,10,15H,7,13H2,1-2H3. The maximum atomic E-state index is 11.9. The molecular weight excluding hydrogens is 268 g/mol. The molecular formula is C12H16N2O4S. The molecule has 0 spiro atoms. The van der Waals surface area contributed by atoms with Crippen LogP contribution in [-0.4, -0.2) is 35.0 Å². The quantitative estimate of drug-likeness (QED) is 0.775. The third-order valence-electron chi connectivity index (χ3n) is 3.34. The topological polar surface area (TPSA) is 101 Å². The summed E-state index contributed by atoms with van der Waals surface area (Å²) in [5.41, 5.74) is 6.59. The first kappa shape index (κ1) is 13.8. The lowest BCUT2D eigenvalue weighted by Gasteiger charge is -2.43. The Balaban J connectivity index is 2.15. The molecule has 1 heterocycles. The Bertz CT molecular complexity index is 607. The van der Waals surface area contributed by atoms with Gasteiger partial charge in [-0.05, 0) is 31.5 Å². The third-order valence-corrected chi connectivity index (χ3v) is 5.70. The number of benzene rings is 1. The highest BCUT2D eigenvalue weighted by atomic mass is 32.2. The fourth-order valence-corrected chi connectivity index (χ4v) is 3.45. The van der Waals surface area contributed by atoms with E-state index in [1.165, 1.54) is 13.8 Å². The summed E-state index contributed by atoms with van der Waals surface area (Å²) in [4.78, 5) is 11.7. The van der Waals surface area contributed by atoms with Crippen molar-refractivity contribution >= 4 is 21.6 Å². The fraction of sp³-hybridized carbons (Fsp3) is 0.417. The first-order valence-corrected chi connectivity index (χ1v) is 7.22. The molecule has 0 bridgehead atoms. The van der Waals surface area contributed by atoms with Gasteiger partial charge >= 0.3 is 0 Å². The van der Waals surface area contributed by atoms with E-state index >= 15 is 0 Å². The lowest BCUT2D eigenvalue weighted by atomic mass is 10.1. The van der Waals surface area contributed by atoms with Crippen LogP contribution in [-0.2, 0) is 14.8 Å². The van der Waals surface area contributed by atoms with Crippen LogP contribution >= 0.6 is 0 Å². The van der Waals surface area contributed by atoms with E-state index in [9.17, 15) is 18.3 Å². The van der Waals surface area contributed by atoms with Gasteiger partial charge in [-0.3, -0.25) is 4.79 Å². The third kappa shape index (κ3) is 1.98. The van der Waals surface area contributed by atoms with Crippen LogP contribution in [0.5, 0.6) is 0 Å². The number of aliphatic hydroxyl groups excluding tert-OH is 1. The molecule has 1 aliphatic rings. The highest BCUT2D eigenvalue weighted by Crippen LogP contribution is 2.36. The number of nitrogen functional groups attached to an aromatic ring is 1. The van der Waals surface area contributed by atoms with E-state index in [-0.39, 0.29) is 6.54 Å². The lowest BCUT2D eigenvalue weighted by Crippen LogP contribution is -2.67. The Kier molecular flexibility index (Phi) is 3.06. The van der Waals surface area contributed by atoms with Crippen LogP contribution in [0.25, 0.3) is 0 Å². The average Bonchev–Trinajstić information content (AvgIpc) is 2.35. The monoisotopic (exact) mass is 284 g/mol. The number of anilines is 1. The molecule has 7 heteroatoms. The van der Waals surface area contributed by atoms with Crippen molar-refractivity contribution in [2.45, 2.75) is 24.7 Å². The molecule has 1 aliphatic heterocycles. The molecule has 0 aromatic heterocycles. The van der Waals surface area contributed by atoms with Crippen LogP contribution in [0.2, 0.25) is 0 Å². The van der Waals surface area contributed by atoms with E-state index in [4.69, 9.17) is 5.73 Å². The van der Waals surface area contributed by atoms with E-state index < -0.39 is 26.8 Å². The Hall–Kier alpha value is -1.60. The van der Waals surface area contributed by atoms with E-state index in [0.717, 1.165) is 0 Å². The maximum absolute atomic E-state index is 11.9. The highest BCUT2D eigenvalue weighted by Gasteiger charge is 2.60. The molecule has 104 valence electrons. The zero-order chi connectivity index (χ0) is 14.4. The van der Waals surface area contributed by atoms with Crippen molar-refractivity contribution in [1.82, 2.24) is 4.31 Å². The molecule has 1 amide bonds. The molecule has 6 nitrogen and oxygen atoms in total. The maximum Gasteiger partial charge on any atom is 0.258 e. The lowest BCUT2D eigenvalue weighted by molar-refractivity contribution is -0.133. The summed E-state index contributed by atoms with van der Waals surface area (Å²) in [7, 11) is -3.66. The van der Waals surface area contributed by atoms with Crippen molar-refractivity contribution in [3.05, 3.63) is 29.8 Å². The van der Waals surface area contributed by atoms with Crippen molar-refractivity contribution in [1.29, 1.82) is 0 Å². The van der Waals surface area contributed by atoms with Gasteiger partial charge in [0.2, 0.25) is 0 Å². The van der Waals surface area contributed by atoms with Crippen molar-refractivity contribution in [2.75, 3.05) is 12.3 Å². The van der Waals surface area contributed by atoms with Crippen LogP contribution < -0.4 is 5.73 Å². The number of hydrogen-bond acceptors (Lipinski definition) is 5. The van der Waals surface area contributed by atoms with Gasteiger partial charge in [0.25, 0.3) is 15.9 Å². The number of sulfonamides is 1. The summed E-state index contributed by atoms with van der Waals surface area (Å²) in [6, 6.07) is 6.41. The fourth-order valence-electron chi connectivity index (χ4n) is 1.92. The van der Waals surface area contributed by atoms with Gasteiger partial charge in [-0.25, -0.2) is 12.7 Å². The Labute approximate surface area is 111 Å². The summed E-state index contributed by atoms with van der Waals surface area (Å²) in [6.07, 6.45) is -1.06. The van der Waals surface area contributed by atoms with Gasteiger partial charge in [0, 0.05) is 5.69 Å². The SMILES string of the molecule is CC1(C)C(=O)N(CC(O)c2ccc(N)cc2)S1(=O)=O. The molecule has 1 saturated heterocycles. The predicted molar refractivity (Wildman–Crippen MR) is 70.5 cm³/mol. The second kappa shape index (κ2) is 4.21. The summed E-state index contributed by atoms with van der Waals surface area (Å²) >= 11 is 0. The number of aliphatic hydroxyl groups is 1. The van der Waals surface area contributed by atoms with Crippen molar-refractivity contribution in [3.8, 4) is 0 Å². The molecule has 0 radical (unpaired) electrons. The molecule has 3 N–H and O–H groups in total. The predicted octanol–water partition coefficient (Wildman–Crippen LogP) is 0.253. The average molecular weight is 284 g/mol. The molecule has 1 aromatic carbocycles. The summed E-state index contributed by atoms with van der Waals surface area (Å²) in [5.74, 6) is -0.498. The number of nitrogens with two attached hydrogens (primary N) is 1. The number of carbonyl (C=O) groups is 1. The van der Waals surface area contributed by atoms with Gasteiger partial charge < -0.3 is 10.8 Å². The number of hydrogen-bond donors (Lipinski definition) is 2. The van der Waals surface area contributed by atoms with Crippen molar-refractivity contribution < 1.29 is 18.3 Å². The number of nitrogens with zero attached hydrogens (tertiary/aromatic N) is 1. The van der Waals surface area contributed by atoms with Gasteiger partial charge in [0.15, 0.2) is 4.75 Å². The molecule has 19 heavy (non-hydrogen) atoms. The zero-order valence-corrected chi connectivity index (χ0v) is 11.5. The molecule has 0 saturated carbocycles. The second-order valence-electron chi connectivity index (χ2n) is 5.03. The van der Waals surface area contributed by atoms with Crippen LogP contribution in [0.1, 0.15) is 25.5 Å². The molecule has 0 aliphatic carbocycles. The zero-order valence-electron chi connectivity index (χ0n) is 10.7. The van der Waals surface area contributed by atoms with Gasteiger partial charge in [0.05, 0.1) is 12.6 Å². The Morgan fingerprint density at radius 2 is 1.84 bits per heavy atom. The summed E-state index contributed by atoms with van der Waals surface area (Å²) in [6.45, 7) is 2.45. The van der Waals surface area contributed by atoms with Crippen molar-refractivity contribution in [3.63, 3.8) is 0 Å². The van der Waals surface area contributed by atoms with Gasteiger partial charge in [-0.1, -0.05) is 12.1 Å². The molecule has 1 atom stereocenters. The van der Waals surface area contributed by atoms with E-state index in [1.54, 1.807) is 24.3 Å². The Morgan fingerprint density at radius 3 is 2.32 bits per heavy atom. The van der Waals surface area contributed by atoms with Crippen molar-refractivity contribution in [2.24, 2.45) is 0 Å². The molecule has 1 fully saturated rings. The smallest absolute Gasteiger partial charge is 0.258 e. The summed E-state index contributed by atoms with van der Waals surface area (Å²) in [5, 5.41) is 9.97. The van der Waals surface area contributed by atoms with E-state index in [2.05, 4.69) is 0 Å². The molecule has 1 unspecified atom stereocenters. The highest BCUT2D eigenvalue weighted by molar-refractivity contribution is 7.94. The normalized spacial score (nSPS) is 21.8. The van der Waals surface area contributed by atoms with Gasteiger partial charge in [-0.15, -0.1) is 0 Å². The largest absolute Gasteiger partial charge is 0.399 e. The second-order valence-corrected chi connectivity index (χ2v) is 7.45. The molecule has 1 aromatic rings. The Morgan fingerprint density at radius 1 is 1.32 bits per heavy atom.